The number of aromatic amines is 1. The van der Waals surface area contributed by atoms with Gasteiger partial charge < -0.3 is 10.3 Å². The first kappa shape index (κ1) is 17.0. The predicted molar refractivity (Wildman–Crippen MR) is 105 cm³/mol. The number of para-hydroxylation sites is 2. The van der Waals surface area contributed by atoms with Gasteiger partial charge >= 0.3 is 0 Å². The van der Waals surface area contributed by atoms with Crippen molar-refractivity contribution in [2.45, 2.75) is 19.4 Å². The van der Waals surface area contributed by atoms with Crippen LogP contribution in [0.15, 0.2) is 67.0 Å². The molecular formula is C21H21N5O. The lowest BCUT2D eigenvalue weighted by molar-refractivity contribution is 0.0953. The van der Waals surface area contributed by atoms with Gasteiger partial charge in [-0.3, -0.25) is 9.48 Å². The normalized spacial score (nSPS) is 11.0. The third kappa shape index (κ3) is 4.23. The number of fused-ring (bicyclic) bond motifs is 1. The summed E-state index contributed by atoms with van der Waals surface area (Å²) in [5.74, 6) is 0.897. The van der Waals surface area contributed by atoms with E-state index in [1.807, 2.05) is 65.5 Å². The maximum absolute atomic E-state index is 12.4. The monoisotopic (exact) mass is 359 g/mol. The highest BCUT2D eigenvalue weighted by Gasteiger charge is 2.07. The first-order valence-corrected chi connectivity index (χ1v) is 9.06. The van der Waals surface area contributed by atoms with Crippen molar-refractivity contribution in [1.29, 1.82) is 0 Å². The molecular weight excluding hydrogens is 338 g/mol. The van der Waals surface area contributed by atoms with Crippen LogP contribution in [0.1, 0.15) is 28.2 Å². The lowest BCUT2D eigenvalue weighted by atomic mass is 10.1. The van der Waals surface area contributed by atoms with E-state index in [0.29, 0.717) is 18.7 Å². The van der Waals surface area contributed by atoms with Crippen LogP contribution >= 0.6 is 0 Å². The molecule has 0 aliphatic carbocycles. The van der Waals surface area contributed by atoms with Crippen molar-refractivity contribution in [3.63, 3.8) is 0 Å². The average molecular weight is 359 g/mol. The SMILES string of the molecule is O=C(NCCCc1nc2ccccc2[nH]1)c1cccc(Cn2cccn2)c1. The largest absolute Gasteiger partial charge is 0.352 e. The Morgan fingerprint density at radius 2 is 2.04 bits per heavy atom. The fourth-order valence-electron chi connectivity index (χ4n) is 3.08. The number of nitrogens with one attached hydrogen (secondary N) is 2. The highest BCUT2D eigenvalue weighted by Crippen LogP contribution is 2.11. The van der Waals surface area contributed by atoms with Crippen LogP contribution in [-0.2, 0) is 13.0 Å². The summed E-state index contributed by atoms with van der Waals surface area (Å²) in [5.41, 5.74) is 3.74. The number of H-pyrrole nitrogens is 1. The summed E-state index contributed by atoms with van der Waals surface area (Å²) in [6.45, 7) is 1.26. The summed E-state index contributed by atoms with van der Waals surface area (Å²) in [7, 11) is 0. The molecule has 0 radical (unpaired) electrons. The molecule has 0 spiro atoms. The molecule has 4 aromatic rings. The van der Waals surface area contributed by atoms with Gasteiger partial charge in [-0.2, -0.15) is 5.10 Å². The molecule has 2 aromatic heterocycles. The van der Waals surface area contributed by atoms with E-state index in [2.05, 4.69) is 20.4 Å². The summed E-state index contributed by atoms with van der Waals surface area (Å²) in [6.07, 6.45) is 5.29. The van der Waals surface area contributed by atoms with Crippen LogP contribution in [0, 0.1) is 0 Å². The molecule has 2 heterocycles. The molecule has 0 atom stereocenters. The molecule has 136 valence electrons. The van der Waals surface area contributed by atoms with E-state index >= 15 is 0 Å². The van der Waals surface area contributed by atoms with E-state index in [1.54, 1.807) is 6.20 Å². The van der Waals surface area contributed by atoms with Crippen molar-refractivity contribution < 1.29 is 4.79 Å². The Balaban J connectivity index is 1.29. The maximum atomic E-state index is 12.4. The smallest absolute Gasteiger partial charge is 0.251 e. The van der Waals surface area contributed by atoms with Crippen LogP contribution in [0.4, 0.5) is 0 Å². The number of hydrogen-bond donors (Lipinski definition) is 2. The van der Waals surface area contributed by atoms with E-state index in [4.69, 9.17) is 0 Å². The number of benzene rings is 2. The Labute approximate surface area is 157 Å². The summed E-state index contributed by atoms with van der Waals surface area (Å²) in [5, 5.41) is 7.18. The molecule has 0 bridgehead atoms. The second-order valence-corrected chi connectivity index (χ2v) is 6.46. The number of carbonyl (C=O) groups is 1. The summed E-state index contributed by atoms with van der Waals surface area (Å²) in [6, 6.07) is 17.5. The molecule has 0 aliphatic rings. The van der Waals surface area contributed by atoms with E-state index in [0.717, 1.165) is 35.3 Å². The van der Waals surface area contributed by atoms with Crippen molar-refractivity contribution in [3.05, 3.63) is 83.9 Å². The van der Waals surface area contributed by atoms with Gasteiger partial charge in [0, 0.05) is 30.9 Å². The topological polar surface area (TPSA) is 75.6 Å². The van der Waals surface area contributed by atoms with Gasteiger partial charge in [0.05, 0.1) is 17.6 Å². The summed E-state index contributed by atoms with van der Waals surface area (Å²) in [4.78, 5) is 20.3. The van der Waals surface area contributed by atoms with Crippen molar-refractivity contribution in [1.82, 2.24) is 25.1 Å². The number of imidazole rings is 1. The number of carbonyl (C=O) groups excluding carboxylic acids is 1. The minimum absolute atomic E-state index is 0.0538. The van der Waals surface area contributed by atoms with Gasteiger partial charge in [0.1, 0.15) is 5.82 Å². The molecule has 27 heavy (non-hydrogen) atoms. The highest BCUT2D eigenvalue weighted by atomic mass is 16.1. The Hall–Kier alpha value is -3.41. The zero-order valence-electron chi connectivity index (χ0n) is 14.9. The molecule has 1 amide bonds. The van der Waals surface area contributed by atoms with Gasteiger partial charge in [0.15, 0.2) is 0 Å². The number of nitrogens with zero attached hydrogens (tertiary/aromatic N) is 3. The number of aromatic nitrogens is 4. The summed E-state index contributed by atoms with van der Waals surface area (Å²) >= 11 is 0. The van der Waals surface area contributed by atoms with Crippen molar-refractivity contribution >= 4 is 16.9 Å². The molecule has 0 aliphatic heterocycles. The lowest BCUT2D eigenvalue weighted by Crippen LogP contribution is -2.25. The van der Waals surface area contributed by atoms with Crippen LogP contribution in [0.2, 0.25) is 0 Å². The van der Waals surface area contributed by atoms with E-state index in [1.165, 1.54) is 0 Å². The first-order chi connectivity index (χ1) is 13.3. The molecule has 2 N–H and O–H groups in total. The number of hydrogen-bond acceptors (Lipinski definition) is 3. The summed E-state index contributed by atoms with van der Waals surface area (Å²) < 4.78 is 1.84. The fraction of sp³-hybridized carbons (Fsp3) is 0.190. The third-order valence-electron chi connectivity index (χ3n) is 4.41. The van der Waals surface area contributed by atoms with Gasteiger partial charge in [-0.15, -0.1) is 0 Å². The van der Waals surface area contributed by atoms with Gasteiger partial charge in [0.2, 0.25) is 0 Å². The van der Waals surface area contributed by atoms with Crippen LogP contribution < -0.4 is 5.32 Å². The van der Waals surface area contributed by atoms with E-state index in [9.17, 15) is 4.79 Å². The van der Waals surface area contributed by atoms with Crippen LogP contribution in [-0.4, -0.2) is 32.2 Å². The second kappa shape index (κ2) is 7.86. The fourth-order valence-corrected chi connectivity index (χ4v) is 3.08. The standard InChI is InChI=1S/C21H21N5O/c27-21(17-7-3-6-16(14-17)15-26-13-5-12-23-26)22-11-4-10-20-24-18-8-1-2-9-19(18)25-20/h1-3,5-9,12-14H,4,10-11,15H2,(H,22,27)(H,24,25). The molecule has 6 nitrogen and oxygen atoms in total. The lowest BCUT2D eigenvalue weighted by Gasteiger charge is -2.07. The number of aryl methyl sites for hydroxylation is 1. The number of amides is 1. The maximum Gasteiger partial charge on any atom is 0.251 e. The quantitative estimate of drug-likeness (QED) is 0.498. The van der Waals surface area contributed by atoms with Gasteiger partial charge in [-0.25, -0.2) is 4.98 Å². The van der Waals surface area contributed by atoms with E-state index < -0.39 is 0 Å². The third-order valence-corrected chi connectivity index (χ3v) is 4.41. The zero-order chi connectivity index (χ0) is 18.5. The molecule has 0 fully saturated rings. The second-order valence-electron chi connectivity index (χ2n) is 6.46. The van der Waals surface area contributed by atoms with Crippen LogP contribution in [0.5, 0.6) is 0 Å². The Morgan fingerprint density at radius 3 is 2.89 bits per heavy atom. The Kier molecular flexibility index (Phi) is 4.96. The van der Waals surface area contributed by atoms with Gasteiger partial charge in [-0.05, 0) is 42.3 Å². The molecule has 0 saturated carbocycles. The number of rotatable bonds is 7. The molecule has 0 saturated heterocycles. The molecule has 2 aromatic carbocycles. The van der Waals surface area contributed by atoms with Crippen molar-refractivity contribution in [3.8, 4) is 0 Å². The molecule has 6 heteroatoms. The minimum Gasteiger partial charge on any atom is -0.352 e. The van der Waals surface area contributed by atoms with Gasteiger partial charge in [0.25, 0.3) is 5.91 Å². The van der Waals surface area contributed by atoms with Crippen molar-refractivity contribution in [2.24, 2.45) is 0 Å². The van der Waals surface area contributed by atoms with Crippen LogP contribution in [0.3, 0.4) is 0 Å². The molecule has 4 rings (SSSR count). The van der Waals surface area contributed by atoms with E-state index in [-0.39, 0.29) is 5.91 Å². The molecule has 0 unspecified atom stereocenters. The average Bonchev–Trinajstić information content (AvgIpc) is 3.34. The van der Waals surface area contributed by atoms with Gasteiger partial charge in [-0.1, -0.05) is 24.3 Å². The highest BCUT2D eigenvalue weighted by molar-refractivity contribution is 5.94. The predicted octanol–water partition coefficient (Wildman–Crippen LogP) is 3.17. The minimum atomic E-state index is -0.0538. The Bertz CT molecular complexity index is 1000. The van der Waals surface area contributed by atoms with Crippen molar-refractivity contribution in [2.75, 3.05) is 6.54 Å². The Morgan fingerprint density at radius 1 is 1.11 bits per heavy atom. The van der Waals surface area contributed by atoms with Crippen LogP contribution in [0.25, 0.3) is 11.0 Å². The first-order valence-electron chi connectivity index (χ1n) is 9.06. The zero-order valence-corrected chi connectivity index (χ0v) is 14.9.